The monoisotopic (exact) mass is 664 g/mol. The Labute approximate surface area is 287 Å². The Bertz CT molecular complexity index is 1770. The maximum atomic E-state index is 13.8. The fraction of sp³-hybridized carbons (Fsp3) is 0.325. The lowest BCUT2D eigenvalue weighted by Gasteiger charge is -2.37. The zero-order valence-electron chi connectivity index (χ0n) is 28.6. The average molecular weight is 665 g/mol. The molecular weight excluding hydrogens is 620 g/mol. The molecule has 1 aliphatic heterocycles. The Morgan fingerprint density at radius 1 is 0.878 bits per heavy atom. The van der Waals surface area contributed by atoms with Crippen molar-refractivity contribution in [2.45, 2.75) is 77.3 Å². The van der Waals surface area contributed by atoms with Crippen molar-refractivity contribution in [1.82, 2.24) is 10.2 Å². The number of carbonyl (C=O) groups excluding carboxylic acids is 2. The van der Waals surface area contributed by atoms with Crippen LogP contribution in [0.2, 0.25) is 0 Å². The van der Waals surface area contributed by atoms with Gasteiger partial charge in [-0.05, 0) is 79.3 Å². The molecule has 0 saturated carbocycles. The highest BCUT2D eigenvalue weighted by Crippen LogP contribution is 2.30. The molecule has 4 aromatic rings. The molecule has 9 heteroatoms. The minimum atomic E-state index is -1.20. The topological polar surface area (TPSA) is 114 Å². The second kappa shape index (κ2) is 15.3. The third kappa shape index (κ3) is 9.19. The molecule has 0 radical (unpaired) electrons. The Balaban J connectivity index is 1.32. The van der Waals surface area contributed by atoms with Gasteiger partial charge in [0, 0.05) is 19.3 Å². The minimum Gasteiger partial charge on any atom is -0.496 e. The van der Waals surface area contributed by atoms with Crippen molar-refractivity contribution < 1.29 is 33.7 Å². The normalized spacial score (nSPS) is 15.4. The number of fused-ring (bicyclic) bond motifs is 1. The summed E-state index contributed by atoms with van der Waals surface area (Å²) >= 11 is 0. The number of aliphatic carboxylic acids is 1. The van der Waals surface area contributed by atoms with E-state index in [9.17, 15) is 19.5 Å². The summed E-state index contributed by atoms with van der Waals surface area (Å²) in [5.41, 5.74) is 4.75. The quantitative estimate of drug-likeness (QED) is 0.180. The molecule has 0 saturated heterocycles. The highest BCUT2D eigenvalue weighted by molar-refractivity contribution is 5.90. The molecule has 49 heavy (non-hydrogen) atoms. The van der Waals surface area contributed by atoms with Gasteiger partial charge >= 0.3 is 12.1 Å². The Hall–Kier alpha value is -5.31. The van der Waals surface area contributed by atoms with Crippen molar-refractivity contribution in [3.05, 3.63) is 119 Å². The van der Waals surface area contributed by atoms with Crippen molar-refractivity contribution in [2.24, 2.45) is 0 Å². The van der Waals surface area contributed by atoms with Gasteiger partial charge in [0.25, 0.3) is 0 Å². The molecule has 0 aromatic heterocycles. The summed E-state index contributed by atoms with van der Waals surface area (Å²) in [6, 6.07) is 28.8. The number of carboxylic acid groups (broad SMARTS) is 1. The number of carboxylic acids is 1. The zero-order valence-corrected chi connectivity index (χ0v) is 28.6. The smallest absolute Gasteiger partial charge is 0.411 e. The van der Waals surface area contributed by atoms with Crippen LogP contribution in [0.1, 0.15) is 49.9 Å². The lowest BCUT2D eigenvalue weighted by Crippen LogP contribution is -2.56. The van der Waals surface area contributed by atoms with Crippen LogP contribution in [-0.4, -0.2) is 58.9 Å². The number of ether oxygens (including phenoxy) is 3. The van der Waals surface area contributed by atoms with Gasteiger partial charge in [0.15, 0.2) is 0 Å². The van der Waals surface area contributed by atoms with Gasteiger partial charge in [0.1, 0.15) is 35.3 Å². The fourth-order valence-electron chi connectivity index (χ4n) is 6.00. The van der Waals surface area contributed by atoms with Gasteiger partial charge in [0.2, 0.25) is 5.91 Å². The van der Waals surface area contributed by atoms with Crippen molar-refractivity contribution in [3.63, 3.8) is 0 Å². The molecule has 3 atom stereocenters. The first kappa shape index (κ1) is 35.0. The molecule has 9 nitrogen and oxygen atoms in total. The molecule has 256 valence electrons. The van der Waals surface area contributed by atoms with Crippen LogP contribution < -0.4 is 14.8 Å². The van der Waals surface area contributed by atoms with Crippen LogP contribution in [0, 0.1) is 0 Å². The second-order valence-electron chi connectivity index (χ2n) is 13.4. The molecule has 0 bridgehead atoms. The lowest BCUT2D eigenvalue weighted by atomic mass is 9.93. The minimum absolute atomic E-state index is 0.0830. The number of amides is 2. The number of methoxy groups -OCH3 is 1. The lowest BCUT2D eigenvalue weighted by molar-refractivity contribution is -0.142. The molecule has 0 fully saturated rings. The van der Waals surface area contributed by atoms with E-state index in [4.69, 9.17) is 14.2 Å². The van der Waals surface area contributed by atoms with Crippen LogP contribution in [0.25, 0.3) is 11.1 Å². The predicted molar refractivity (Wildman–Crippen MR) is 188 cm³/mol. The number of hydrogen-bond donors (Lipinski definition) is 2. The first-order valence-electron chi connectivity index (χ1n) is 16.5. The van der Waals surface area contributed by atoms with Gasteiger partial charge in [0.05, 0.1) is 13.7 Å². The molecule has 1 heterocycles. The number of nitrogens with zero attached hydrogens (tertiary/aromatic N) is 1. The number of hydrogen-bond acceptors (Lipinski definition) is 6. The fourth-order valence-corrected chi connectivity index (χ4v) is 6.00. The molecule has 5 rings (SSSR count). The van der Waals surface area contributed by atoms with Gasteiger partial charge in [-0.3, -0.25) is 9.69 Å². The summed E-state index contributed by atoms with van der Waals surface area (Å²) in [4.78, 5) is 41.0. The molecular formula is C40H44N2O7. The van der Waals surface area contributed by atoms with E-state index in [0.29, 0.717) is 12.2 Å². The molecule has 1 aliphatic rings. The number of rotatable bonds is 11. The van der Waals surface area contributed by atoms with Gasteiger partial charge < -0.3 is 24.6 Å². The Kier molecular flexibility index (Phi) is 10.9. The molecule has 4 aromatic carbocycles. The standard InChI is InChI=1S/C40H44N2O7/c1-26(21-31-13-9-10-14-36(31)47-5)48-33-20-19-30-24-35(42(25-32(30)23-33)39(46)49-40(2,3)4)37(43)41-34(38(44)45)22-27-15-17-29(18-16-27)28-11-7-6-8-12-28/h6-20,23,26,34-35H,21-22,24-25H2,1-5H3,(H,41,43)(H,44,45)/t26?,34-,35?/m0/s1. The average Bonchev–Trinajstić information content (AvgIpc) is 3.07. The van der Waals surface area contributed by atoms with E-state index in [1.165, 1.54) is 4.90 Å². The number of benzene rings is 4. The summed E-state index contributed by atoms with van der Waals surface area (Å²) in [6.45, 7) is 7.36. The third-order valence-electron chi connectivity index (χ3n) is 8.39. The molecule has 2 unspecified atom stereocenters. The zero-order chi connectivity index (χ0) is 35.1. The van der Waals surface area contributed by atoms with Crippen LogP contribution in [0.15, 0.2) is 97.1 Å². The molecule has 2 amide bonds. The van der Waals surface area contributed by atoms with Crippen LogP contribution >= 0.6 is 0 Å². The third-order valence-corrected chi connectivity index (χ3v) is 8.39. The van der Waals surface area contributed by atoms with Gasteiger partial charge in [-0.2, -0.15) is 0 Å². The molecule has 0 aliphatic carbocycles. The summed E-state index contributed by atoms with van der Waals surface area (Å²) < 4.78 is 17.5. The van der Waals surface area contributed by atoms with E-state index in [0.717, 1.165) is 39.1 Å². The summed E-state index contributed by atoms with van der Waals surface area (Å²) in [5, 5.41) is 12.8. The first-order chi connectivity index (χ1) is 23.4. The van der Waals surface area contributed by atoms with E-state index >= 15 is 0 Å². The van der Waals surface area contributed by atoms with Crippen LogP contribution in [0.3, 0.4) is 0 Å². The van der Waals surface area contributed by atoms with Crippen LogP contribution in [-0.2, 0) is 40.1 Å². The number of carbonyl (C=O) groups is 3. The number of nitrogens with one attached hydrogen (secondary N) is 1. The highest BCUT2D eigenvalue weighted by atomic mass is 16.6. The van der Waals surface area contributed by atoms with Gasteiger partial charge in [-0.15, -0.1) is 0 Å². The number of para-hydroxylation sites is 1. The van der Waals surface area contributed by atoms with E-state index in [2.05, 4.69) is 5.32 Å². The maximum absolute atomic E-state index is 13.8. The molecule has 0 spiro atoms. The van der Waals surface area contributed by atoms with E-state index in [1.54, 1.807) is 27.9 Å². The van der Waals surface area contributed by atoms with Crippen molar-refractivity contribution in [3.8, 4) is 22.6 Å². The second-order valence-corrected chi connectivity index (χ2v) is 13.4. The predicted octanol–water partition coefficient (Wildman–Crippen LogP) is 6.85. The van der Waals surface area contributed by atoms with Gasteiger partial charge in [-0.25, -0.2) is 9.59 Å². The maximum Gasteiger partial charge on any atom is 0.411 e. The van der Waals surface area contributed by atoms with Crippen LogP contribution in [0.4, 0.5) is 4.79 Å². The summed E-state index contributed by atoms with van der Waals surface area (Å²) in [7, 11) is 1.64. The van der Waals surface area contributed by atoms with Gasteiger partial charge in [-0.1, -0.05) is 78.9 Å². The van der Waals surface area contributed by atoms with E-state index in [1.807, 2.05) is 104 Å². The molecule has 2 N–H and O–H groups in total. The first-order valence-corrected chi connectivity index (χ1v) is 16.5. The van der Waals surface area contributed by atoms with E-state index < -0.39 is 35.7 Å². The Morgan fingerprint density at radius 3 is 2.22 bits per heavy atom. The van der Waals surface area contributed by atoms with Crippen molar-refractivity contribution >= 4 is 18.0 Å². The van der Waals surface area contributed by atoms with E-state index in [-0.39, 0.29) is 25.5 Å². The van der Waals surface area contributed by atoms with Crippen LogP contribution in [0.5, 0.6) is 11.5 Å². The largest absolute Gasteiger partial charge is 0.496 e. The summed E-state index contributed by atoms with van der Waals surface area (Å²) in [5.74, 6) is -0.288. The Morgan fingerprint density at radius 2 is 1.55 bits per heavy atom. The summed E-state index contributed by atoms with van der Waals surface area (Å²) in [6.07, 6.45) is 0.0864. The van der Waals surface area contributed by atoms with Crippen molar-refractivity contribution in [1.29, 1.82) is 0 Å². The van der Waals surface area contributed by atoms with Crippen molar-refractivity contribution in [2.75, 3.05) is 7.11 Å². The highest BCUT2D eigenvalue weighted by Gasteiger charge is 2.38. The SMILES string of the molecule is COc1ccccc1CC(C)Oc1ccc2c(c1)CN(C(=O)OC(C)(C)C)C(C(=O)N[C@@H](Cc1ccc(-c3ccccc3)cc1)C(=O)O)C2.